The molecule has 0 bridgehead atoms. The van der Waals surface area contributed by atoms with Crippen LogP contribution in [0.25, 0.3) is 0 Å². The van der Waals surface area contributed by atoms with Gasteiger partial charge in [0.05, 0.1) is 0 Å². The summed E-state index contributed by atoms with van der Waals surface area (Å²) >= 11 is 0. The van der Waals surface area contributed by atoms with Gasteiger partial charge in [-0.15, -0.1) is 0 Å². The molecule has 82 valence electrons. The van der Waals surface area contributed by atoms with Crippen LogP contribution in [0.2, 0.25) is 0 Å². The summed E-state index contributed by atoms with van der Waals surface area (Å²) in [7, 11) is -1.64. The fourth-order valence-electron chi connectivity index (χ4n) is 1.11. The Balaban J connectivity index is 2.80. The summed E-state index contributed by atoms with van der Waals surface area (Å²) in [5.41, 5.74) is 1.08. The van der Waals surface area contributed by atoms with Crippen LogP contribution in [-0.2, 0) is 10.8 Å². The zero-order chi connectivity index (χ0) is 11.3. The van der Waals surface area contributed by atoms with Crippen LogP contribution in [0.15, 0.2) is 40.4 Å². The van der Waals surface area contributed by atoms with Crippen LogP contribution in [-0.4, -0.2) is 4.21 Å². The van der Waals surface area contributed by atoms with Gasteiger partial charge in [0.15, 0.2) is 5.16 Å². The molecular weight excluding hydrogens is 211 g/mol. The molecule has 0 spiro atoms. The first-order valence-corrected chi connectivity index (χ1v) is 6.14. The highest BCUT2D eigenvalue weighted by atomic mass is 32.2. The zero-order valence-electron chi connectivity index (χ0n) is 9.00. The molecule has 0 fully saturated rings. The van der Waals surface area contributed by atoms with E-state index in [1.165, 1.54) is 6.08 Å². The lowest BCUT2D eigenvalue weighted by Crippen LogP contribution is -1.91. The van der Waals surface area contributed by atoms with Crippen molar-refractivity contribution in [2.75, 3.05) is 0 Å². The zero-order valence-corrected chi connectivity index (χ0v) is 9.81. The summed E-state index contributed by atoms with van der Waals surface area (Å²) in [5.74, 6) is 0. The van der Waals surface area contributed by atoms with E-state index in [2.05, 4.69) is 0 Å². The smallest absolute Gasteiger partial charge is 0.187 e. The van der Waals surface area contributed by atoms with Gasteiger partial charge in [0.2, 0.25) is 0 Å². The summed E-state index contributed by atoms with van der Waals surface area (Å²) in [6.07, 6.45) is 2.89. The van der Waals surface area contributed by atoms with Gasteiger partial charge >= 0.3 is 0 Å². The molecule has 0 aromatic heterocycles. The second-order valence-corrected chi connectivity index (χ2v) is 4.78. The standard InChI is InChI=1S/C12H15FOS/c1-3-4-5-12(13)15(14)11-8-6-10(2)7-9-11/h5-9H,3-4H2,1-2H3/b12-5-. The van der Waals surface area contributed by atoms with Crippen LogP contribution in [0.4, 0.5) is 4.39 Å². The monoisotopic (exact) mass is 226 g/mol. The second kappa shape index (κ2) is 5.81. The van der Waals surface area contributed by atoms with Crippen molar-refractivity contribution in [2.45, 2.75) is 31.6 Å². The third-order valence-electron chi connectivity index (χ3n) is 2.01. The lowest BCUT2D eigenvalue weighted by Gasteiger charge is -2.00. The van der Waals surface area contributed by atoms with Gasteiger partial charge in [0.1, 0.15) is 10.8 Å². The lowest BCUT2D eigenvalue weighted by molar-refractivity contribution is 0.646. The molecule has 15 heavy (non-hydrogen) atoms. The predicted molar refractivity (Wildman–Crippen MR) is 61.7 cm³/mol. The Kier molecular flexibility index (Phi) is 4.69. The van der Waals surface area contributed by atoms with E-state index in [0.29, 0.717) is 11.3 Å². The number of aryl methyl sites for hydroxylation is 1. The van der Waals surface area contributed by atoms with Gasteiger partial charge in [0.25, 0.3) is 0 Å². The Bertz CT molecular complexity index is 368. The van der Waals surface area contributed by atoms with Crippen molar-refractivity contribution in [2.24, 2.45) is 0 Å². The summed E-state index contributed by atoms with van der Waals surface area (Å²) in [5, 5.41) is -0.541. The molecule has 0 saturated heterocycles. The molecule has 0 heterocycles. The highest BCUT2D eigenvalue weighted by Crippen LogP contribution is 2.16. The van der Waals surface area contributed by atoms with Crippen molar-refractivity contribution in [3.05, 3.63) is 41.1 Å². The van der Waals surface area contributed by atoms with Crippen LogP contribution in [0.5, 0.6) is 0 Å². The fourth-order valence-corrected chi connectivity index (χ4v) is 1.99. The largest absolute Gasteiger partial charge is 0.247 e. The average Bonchev–Trinajstić information content (AvgIpc) is 2.26. The van der Waals surface area contributed by atoms with Crippen LogP contribution in [0.3, 0.4) is 0 Å². The normalized spacial score (nSPS) is 13.9. The molecule has 0 aliphatic rings. The van der Waals surface area contributed by atoms with Crippen molar-refractivity contribution in [1.82, 2.24) is 0 Å². The van der Waals surface area contributed by atoms with E-state index in [9.17, 15) is 8.60 Å². The van der Waals surface area contributed by atoms with Crippen LogP contribution in [0.1, 0.15) is 25.3 Å². The van der Waals surface area contributed by atoms with Gasteiger partial charge in [-0.3, -0.25) is 0 Å². The molecule has 1 aromatic rings. The molecule has 1 aromatic carbocycles. The summed E-state index contributed by atoms with van der Waals surface area (Å²) in [4.78, 5) is 0.519. The molecule has 0 aliphatic heterocycles. The van der Waals surface area contributed by atoms with E-state index in [0.717, 1.165) is 12.0 Å². The maximum atomic E-state index is 13.3. The van der Waals surface area contributed by atoms with E-state index in [1.54, 1.807) is 12.1 Å². The third-order valence-corrected chi connectivity index (χ3v) is 3.23. The Morgan fingerprint density at radius 3 is 2.53 bits per heavy atom. The first-order chi connectivity index (χ1) is 7.15. The number of benzene rings is 1. The third kappa shape index (κ3) is 3.59. The minimum Gasteiger partial charge on any atom is -0.247 e. The number of rotatable bonds is 4. The Hall–Kier alpha value is -0.960. The fraction of sp³-hybridized carbons (Fsp3) is 0.333. The van der Waals surface area contributed by atoms with Crippen molar-refractivity contribution in [3.8, 4) is 0 Å². The van der Waals surface area contributed by atoms with Gasteiger partial charge in [-0.1, -0.05) is 31.0 Å². The van der Waals surface area contributed by atoms with Gasteiger partial charge in [-0.25, -0.2) is 4.21 Å². The predicted octanol–water partition coefficient (Wildman–Crippen LogP) is 3.71. The van der Waals surface area contributed by atoms with Gasteiger partial charge in [-0.2, -0.15) is 4.39 Å². The molecule has 0 amide bonds. The lowest BCUT2D eigenvalue weighted by atomic mass is 10.2. The molecule has 3 heteroatoms. The Morgan fingerprint density at radius 1 is 1.40 bits per heavy atom. The highest BCUT2D eigenvalue weighted by molar-refractivity contribution is 7.88. The number of allylic oxidation sites excluding steroid dienone is 1. The average molecular weight is 226 g/mol. The number of hydrogen-bond donors (Lipinski definition) is 0. The van der Waals surface area contributed by atoms with Crippen LogP contribution < -0.4 is 0 Å². The molecule has 1 atom stereocenters. The van der Waals surface area contributed by atoms with Crippen molar-refractivity contribution in [3.63, 3.8) is 0 Å². The highest BCUT2D eigenvalue weighted by Gasteiger charge is 2.08. The second-order valence-electron chi connectivity index (χ2n) is 3.38. The molecule has 1 unspecified atom stereocenters. The van der Waals surface area contributed by atoms with Gasteiger partial charge < -0.3 is 0 Å². The number of halogens is 1. The van der Waals surface area contributed by atoms with E-state index < -0.39 is 16.0 Å². The van der Waals surface area contributed by atoms with E-state index in [-0.39, 0.29) is 0 Å². The maximum Gasteiger partial charge on any atom is 0.187 e. The van der Waals surface area contributed by atoms with E-state index in [1.807, 2.05) is 26.0 Å². The van der Waals surface area contributed by atoms with Gasteiger partial charge in [-0.05, 0) is 31.6 Å². The Labute approximate surface area is 92.5 Å². The van der Waals surface area contributed by atoms with Crippen molar-refractivity contribution < 1.29 is 8.60 Å². The topological polar surface area (TPSA) is 17.1 Å². The summed E-state index contributed by atoms with van der Waals surface area (Å²) in [6, 6.07) is 7.07. The van der Waals surface area contributed by atoms with Crippen molar-refractivity contribution in [1.29, 1.82) is 0 Å². The molecule has 0 N–H and O–H groups in total. The first-order valence-electron chi connectivity index (χ1n) is 4.99. The summed E-state index contributed by atoms with van der Waals surface area (Å²) in [6.45, 7) is 3.90. The number of hydrogen-bond acceptors (Lipinski definition) is 1. The Morgan fingerprint density at radius 2 is 2.00 bits per heavy atom. The van der Waals surface area contributed by atoms with Crippen LogP contribution >= 0.6 is 0 Å². The molecule has 1 nitrogen and oxygen atoms in total. The van der Waals surface area contributed by atoms with Gasteiger partial charge in [0, 0.05) is 4.90 Å². The van der Waals surface area contributed by atoms with E-state index >= 15 is 0 Å². The minimum absolute atomic E-state index is 0.519. The molecular formula is C12H15FOS. The SMILES string of the molecule is CCC/C=C(/F)S(=O)c1ccc(C)cc1. The molecule has 0 aliphatic carbocycles. The van der Waals surface area contributed by atoms with Crippen LogP contribution in [0, 0.1) is 6.92 Å². The minimum atomic E-state index is -1.64. The van der Waals surface area contributed by atoms with E-state index in [4.69, 9.17) is 0 Å². The maximum absolute atomic E-state index is 13.3. The molecule has 0 saturated carbocycles. The van der Waals surface area contributed by atoms with Crippen molar-refractivity contribution >= 4 is 10.8 Å². The first kappa shape index (κ1) is 12.1. The number of unbranched alkanes of at least 4 members (excludes halogenated alkanes) is 1. The molecule has 1 rings (SSSR count). The molecule has 0 radical (unpaired) electrons. The quantitative estimate of drug-likeness (QED) is 0.764. The summed E-state index contributed by atoms with van der Waals surface area (Å²) < 4.78 is 25.0.